The van der Waals surface area contributed by atoms with Crippen LogP contribution < -0.4 is 5.32 Å². The van der Waals surface area contributed by atoms with Gasteiger partial charge in [0.2, 0.25) is 0 Å². The van der Waals surface area contributed by atoms with Crippen molar-refractivity contribution in [3.05, 3.63) is 29.3 Å². The number of hydrogen-bond acceptors (Lipinski definition) is 3. The lowest BCUT2D eigenvalue weighted by Gasteiger charge is -2.17. The Morgan fingerprint density at radius 3 is 3.00 bits per heavy atom. The first kappa shape index (κ1) is 13.2. The van der Waals surface area contributed by atoms with Crippen LogP contribution in [0.4, 0.5) is 10.5 Å². The van der Waals surface area contributed by atoms with Crippen LogP contribution in [-0.2, 0) is 0 Å². The van der Waals surface area contributed by atoms with E-state index in [2.05, 4.69) is 17.2 Å². The van der Waals surface area contributed by atoms with E-state index in [1.807, 2.05) is 0 Å². The molecule has 0 bridgehead atoms. The van der Waals surface area contributed by atoms with Crippen LogP contribution in [0.3, 0.4) is 0 Å². The van der Waals surface area contributed by atoms with Crippen LogP contribution in [0.15, 0.2) is 29.3 Å². The van der Waals surface area contributed by atoms with E-state index in [9.17, 15) is 4.79 Å². The maximum absolute atomic E-state index is 12.0. The first-order valence-corrected chi connectivity index (χ1v) is 6.83. The first-order valence-electron chi connectivity index (χ1n) is 5.57. The number of benzene rings is 1. The standard InChI is InChI=1S/C12H14ClN3OS/c1-8-7-14-12(18-8)16(2)11(17)15-10-5-3-4-9(13)6-10/h3-6,8H,7H2,1-2H3,(H,15,17)/t8-/m0/s1. The molecule has 0 saturated heterocycles. The Morgan fingerprint density at radius 2 is 2.39 bits per heavy atom. The van der Waals surface area contributed by atoms with Crippen LogP contribution in [0.1, 0.15) is 6.92 Å². The minimum Gasteiger partial charge on any atom is -0.307 e. The number of anilines is 1. The lowest BCUT2D eigenvalue weighted by Crippen LogP contribution is -2.34. The molecule has 1 aliphatic rings. The molecule has 0 saturated carbocycles. The number of urea groups is 1. The number of carbonyl (C=O) groups excluding carboxylic acids is 1. The van der Waals surface area contributed by atoms with Gasteiger partial charge in [-0.1, -0.05) is 36.4 Å². The zero-order chi connectivity index (χ0) is 13.1. The smallest absolute Gasteiger partial charge is 0.307 e. The first-order chi connectivity index (χ1) is 8.56. The SMILES string of the molecule is C[C@H]1CN=C(N(C)C(=O)Nc2cccc(Cl)c2)S1. The number of amidine groups is 1. The summed E-state index contributed by atoms with van der Waals surface area (Å²) in [7, 11) is 1.71. The zero-order valence-corrected chi connectivity index (χ0v) is 11.8. The van der Waals surface area contributed by atoms with Crippen LogP contribution in [0.25, 0.3) is 0 Å². The van der Waals surface area contributed by atoms with E-state index in [1.165, 1.54) is 4.90 Å². The van der Waals surface area contributed by atoms with Crippen LogP contribution in [0.5, 0.6) is 0 Å². The van der Waals surface area contributed by atoms with Crippen LogP contribution in [-0.4, -0.2) is 34.9 Å². The molecule has 1 aromatic carbocycles. The molecule has 0 radical (unpaired) electrons. The van der Waals surface area contributed by atoms with Crippen molar-refractivity contribution < 1.29 is 4.79 Å². The number of amides is 2. The Balaban J connectivity index is 2.00. The van der Waals surface area contributed by atoms with Gasteiger partial charge in [-0.05, 0) is 18.2 Å². The molecule has 1 aliphatic heterocycles. The Bertz CT molecular complexity index is 492. The molecule has 1 aromatic rings. The van der Waals surface area contributed by atoms with E-state index in [1.54, 1.807) is 43.1 Å². The van der Waals surface area contributed by atoms with E-state index in [0.29, 0.717) is 16.0 Å². The van der Waals surface area contributed by atoms with Crippen LogP contribution in [0, 0.1) is 0 Å². The summed E-state index contributed by atoms with van der Waals surface area (Å²) in [4.78, 5) is 17.8. The molecular weight excluding hydrogens is 270 g/mol. The molecule has 1 N–H and O–H groups in total. The highest BCUT2D eigenvalue weighted by Crippen LogP contribution is 2.22. The molecule has 4 nitrogen and oxygen atoms in total. The monoisotopic (exact) mass is 283 g/mol. The van der Waals surface area contributed by atoms with E-state index in [4.69, 9.17) is 11.6 Å². The summed E-state index contributed by atoms with van der Waals surface area (Å²) in [6.07, 6.45) is 0. The van der Waals surface area contributed by atoms with Crippen molar-refractivity contribution in [2.75, 3.05) is 18.9 Å². The van der Waals surface area contributed by atoms with Gasteiger partial charge in [0.15, 0.2) is 5.17 Å². The maximum atomic E-state index is 12.0. The van der Waals surface area contributed by atoms with E-state index < -0.39 is 0 Å². The Labute approximate surface area is 115 Å². The quantitative estimate of drug-likeness (QED) is 0.859. The molecule has 1 atom stereocenters. The molecule has 0 unspecified atom stereocenters. The van der Waals surface area contributed by atoms with Crippen LogP contribution in [0.2, 0.25) is 5.02 Å². The summed E-state index contributed by atoms with van der Waals surface area (Å²) >= 11 is 7.47. The Hall–Kier alpha value is -1.20. The van der Waals surface area contributed by atoms with Crippen molar-refractivity contribution in [1.29, 1.82) is 0 Å². The second kappa shape index (κ2) is 5.63. The summed E-state index contributed by atoms with van der Waals surface area (Å²) < 4.78 is 0. The minimum absolute atomic E-state index is 0.211. The number of nitrogens with one attached hydrogen (secondary N) is 1. The highest BCUT2D eigenvalue weighted by Gasteiger charge is 2.22. The highest BCUT2D eigenvalue weighted by atomic mass is 35.5. The number of nitrogens with zero attached hydrogens (tertiary/aromatic N) is 2. The fourth-order valence-electron chi connectivity index (χ4n) is 1.51. The van der Waals surface area contributed by atoms with Crippen molar-refractivity contribution in [1.82, 2.24) is 4.90 Å². The molecule has 96 valence electrons. The molecule has 0 spiro atoms. The maximum Gasteiger partial charge on any atom is 0.327 e. The van der Waals surface area contributed by atoms with Gasteiger partial charge in [-0.15, -0.1) is 0 Å². The number of hydrogen-bond donors (Lipinski definition) is 1. The van der Waals surface area contributed by atoms with Crippen molar-refractivity contribution >= 4 is 40.2 Å². The average Bonchev–Trinajstić information content (AvgIpc) is 2.75. The lowest BCUT2D eigenvalue weighted by molar-refractivity contribution is 0.239. The molecule has 0 aliphatic carbocycles. The molecule has 2 rings (SSSR count). The zero-order valence-electron chi connectivity index (χ0n) is 10.2. The normalized spacial score (nSPS) is 18.4. The summed E-state index contributed by atoms with van der Waals surface area (Å²) in [5.74, 6) is 0. The minimum atomic E-state index is -0.211. The lowest BCUT2D eigenvalue weighted by atomic mass is 10.3. The van der Waals surface area contributed by atoms with E-state index in [0.717, 1.165) is 11.7 Å². The van der Waals surface area contributed by atoms with Gasteiger partial charge < -0.3 is 5.32 Å². The molecular formula is C12H14ClN3OS. The predicted molar refractivity (Wildman–Crippen MR) is 77.6 cm³/mol. The average molecular weight is 284 g/mol. The van der Waals surface area contributed by atoms with Gasteiger partial charge >= 0.3 is 6.03 Å². The fourth-order valence-corrected chi connectivity index (χ4v) is 2.60. The van der Waals surface area contributed by atoms with Gasteiger partial charge in [0.25, 0.3) is 0 Å². The molecule has 0 fully saturated rings. The van der Waals surface area contributed by atoms with E-state index in [-0.39, 0.29) is 6.03 Å². The molecule has 6 heteroatoms. The van der Waals surface area contributed by atoms with Gasteiger partial charge in [-0.25, -0.2) is 4.79 Å². The van der Waals surface area contributed by atoms with Crippen molar-refractivity contribution in [3.8, 4) is 0 Å². The molecule has 2 amide bonds. The Kier molecular flexibility index (Phi) is 4.14. The number of rotatable bonds is 1. The van der Waals surface area contributed by atoms with Gasteiger partial charge in [-0.3, -0.25) is 9.89 Å². The third-order valence-corrected chi connectivity index (χ3v) is 3.86. The van der Waals surface area contributed by atoms with Gasteiger partial charge in [-0.2, -0.15) is 0 Å². The molecule has 0 aromatic heterocycles. The van der Waals surface area contributed by atoms with Gasteiger partial charge in [0, 0.05) is 23.0 Å². The summed E-state index contributed by atoms with van der Waals surface area (Å²) in [5, 5.41) is 4.56. The molecule has 1 heterocycles. The topological polar surface area (TPSA) is 44.7 Å². The van der Waals surface area contributed by atoms with Crippen molar-refractivity contribution in [2.45, 2.75) is 12.2 Å². The number of aliphatic imine (C=N–C) groups is 1. The summed E-state index contributed by atoms with van der Waals surface area (Å²) in [6, 6.07) is 6.85. The largest absolute Gasteiger partial charge is 0.327 e. The third kappa shape index (κ3) is 3.17. The number of halogens is 1. The highest BCUT2D eigenvalue weighted by molar-refractivity contribution is 8.14. The van der Waals surface area contributed by atoms with Crippen molar-refractivity contribution in [3.63, 3.8) is 0 Å². The Morgan fingerprint density at radius 1 is 1.61 bits per heavy atom. The third-order valence-electron chi connectivity index (χ3n) is 2.46. The van der Waals surface area contributed by atoms with Crippen molar-refractivity contribution in [2.24, 2.45) is 4.99 Å². The second-order valence-electron chi connectivity index (χ2n) is 4.05. The second-order valence-corrected chi connectivity index (χ2v) is 5.89. The fraction of sp³-hybridized carbons (Fsp3) is 0.333. The van der Waals surface area contributed by atoms with Crippen LogP contribution >= 0.6 is 23.4 Å². The number of thioether (sulfide) groups is 1. The number of carbonyl (C=O) groups is 1. The summed E-state index contributed by atoms with van der Waals surface area (Å²) in [5.41, 5.74) is 0.677. The van der Waals surface area contributed by atoms with E-state index >= 15 is 0 Å². The van der Waals surface area contributed by atoms with Gasteiger partial charge in [0.05, 0.1) is 6.54 Å². The summed E-state index contributed by atoms with van der Waals surface area (Å²) in [6.45, 7) is 2.85. The molecule has 18 heavy (non-hydrogen) atoms. The predicted octanol–water partition coefficient (Wildman–Crippen LogP) is 3.30. The van der Waals surface area contributed by atoms with Gasteiger partial charge in [0.1, 0.15) is 0 Å².